The molecule has 3 heterocycles. The number of H-pyrrole nitrogens is 1. The topological polar surface area (TPSA) is 91.0 Å². The van der Waals surface area contributed by atoms with Crippen LogP contribution in [0.1, 0.15) is 38.2 Å². The van der Waals surface area contributed by atoms with Gasteiger partial charge in [0, 0.05) is 30.5 Å². The first-order chi connectivity index (χ1) is 15.2. The maximum Gasteiger partial charge on any atom is 0.231 e. The molecule has 2 fully saturated rings. The lowest BCUT2D eigenvalue weighted by Gasteiger charge is -2.30. The van der Waals surface area contributed by atoms with Crippen molar-refractivity contribution in [2.75, 3.05) is 41.8 Å². The Morgan fingerprint density at radius 2 is 1.97 bits per heavy atom. The third-order valence-corrected chi connectivity index (χ3v) is 6.55. The number of nitrogens with one attached hydrogen (secondary N) is 3. The summed E-state index contributed by atoms with van der Waals surface area (Å²) in [7, 11) is 0. The van der Waals surface area contributed by atoms with Gasteiger partial charge in [0.2, 0.25) is 5.95 Å². The van der Waals surface area contributed by atoms with Gasteiger partial charge in [-0.15, -0.1) is 0 Å². The van der Waals surface area contributed by atoms with E-state index in [-0.39, 0.29) is 0 Å². The minimum Gasteiger partial charge on any atom is -0.378 e. The van der Waals surface area contributed by atoms with Crippen LogP contribution < -0.4 is 15.5 Å². The standard InChI is InChI=1S/C23H31N7O/c1-15-5-3-4-6-18(15)26-22-20-21(25-14-24-20)28-23(29-22)27-19-8-7-17(13-16(19)2)30-9-11-31-12-10-30/h7-8,13-15,18H,3-6,9-12H2,1-2H3,(H3,24,25,26,27,28,29). The molecule has 8 nitrogen and oxygen atoms in total. The van der Waals surface area contributed by atoms with Gasteiger partial charge in [0.25, 0.3) is 0 Å². The van der Waals surface area contributed by atoms with Crippen molar-refractivity contribution in [3.63, 3.8) is 0 Å². The first-order valence-electron chi connectivity index (χ1n) is 11.4. The van der Waals surface area contributed by atoms with Crippen molar-refractivity contribution < 1.29 is 4.74 Å². The van der Waals surface area contributed by atoms with E-state index in [1.165, 1.54) is 31.4 Å². The molecule has 2 aromatic heterocycles. The molecule has 0 spiro atoms. The molecule has 1 saturated heterocycles. The Morgan fingerprint density at radius 3 is 2.77 bits per heavy atom. The first-order valence-corrected chi connectivity index (χ1v) is 11.4. The zero-order valence-corrected chi connectivity index (χ0v) is 18.3. The van der Waals surface area contributed by atoms with Crippen LogP contribution in [-0.4, -0.2) is 52.3 Å². The number of ether oxygens (including phenoxy) is 1. The van der Waals surface area contributed by atoms with Crippen LogP contribution in [0.15, 0.2) is 24.5 Å². The number of hydrogen-bond donors (Lipinski definition) is 3. The van der Waals surface area contributed by atoms with E-state index in [1.807, 2.05) is 0 Å². The summed E-state index contributed by atoms with van der Waals surface area (Å²) in [5.74, 6) is 2.02. The first kappa shape index (κ1) is 20.1. The van der Waals surface area contributed by atoms with E-state index in [0.717, 1.165) is 48.9 Å². The number of aromatic amines is 1. The number of morpholine rings is 1. The molecule has 0 amide bonds. The highest BCUT2D eigenvalue weighted by Crippen LogP contribution is 2.30. The van der Waals surface area contributed by atoms with Crippen LogP contribution in [0.25, 0.3) is 11.2 Å². The molecule has 0 bridgehead atoms. The number of imidazole rings is 1. The maximum absolute atomic E-state index is 5.47. The number of hydrogen-bond acceptors (Lipinski definition) is 7. The molecule has 2 aliphatic rings. The molecule has 1 aliphatic carbocycles. The molecule has 1 aromatic carbocycles. The van der Waals surface area contributed by atoms with E-state index in [2.05, 4.69) is 62.5 Å². The molecule has 3 aromatic rings. The van der Waals surface area contributed by atoms with E-state index in [1.54, 1.807) is 6.33 Å². The Morgan fingerprint density at radius 1 is 1.13 bits per heavy atom. The number of aromatic nitrogens is 4. The lowest BCUT2D eigenvalue weighted by molar-refractivity contribution is 0.122. The van der Waals surface area contributed by atoms with Gasteiger partial charge < -0.3 is 25.3 Å². The minimum absolute atomic E-state index is 0.428. The van der Waals surface area contributed by atoms with Crippen molar-refractivity contribution in [1.82, 2.24) is 19.9 Å². The summed E-state index contributed by atoms with van der Waals surface area (Å²) in [5, 5.41) is 7.09. The number of fused-ring (bicyclic) bond motifs is 1. The van der Waals surface area contributed by atoms with E-state index in [4.69, 9.17) is 9.72 Å². The second-order valence-corrected chi connectivity index (χ2v) is 8.73. The number of anilines is 4. The van der Waals surface area contributed by atoms with Crippen molar-refractivity contribution >= 4 is 34.3 Å². The molecule has 31 heavy (non-hydrogen) atoms. The fourth-order valence-electron chi connectivity index (χ4n) is 4.63. The van der Waals surface area contributed by atoms with Crippen molar-refractivity contribution in [2.45, 2.75) is 45.6 Å². The highest BCUT2D eigenvalue weighted by Gasteiger charge is 2.23. The Bertz CT molecular complexity index is 1040. The van der Waals surface area contributed by atoms with Gasteiger partial charge >= 0.3 is 0 Å². The number of nitrogens with zero attached hydrogens (tertiary/aromatic N) is 4. The molecule has 0 radical (unpaired) electrons. The molecule has 8 heteroatoms. The molecule has 2 atom stereocenters. The van der Waals surface area contributed by atoms with Gasteiger partial charge in [-0.25, -0.2) is 4.98 Å². The van der Waals surface area contributed by atoms with Gasteiger partial charge in [-0.05, 0) is 49.4 Å². The highest BCUT2D eigenvalue weighted by atomic mass is 16.5. The molecule has 1 aliphatic heterocycles. The molecule has 1 saturated carbocycles. The Labute approximate surface area is 182 Å². The summed E-state index contributed by atoms with van der Waals surface area (Å²) in [5.41, 5.74) is 4.92. The van der Waals surface area contributed by atoms with Gasteiger partial charge in [0.05, 0.1) is 19.5 Å². The van der Waals surface area contributed by atoms with Crippen molar-refractivity contribution in [3.8, 4) is 0 Å². The minimum atomic E-state index is 0.428. The fourth-order valence-corrected chi connectivity index (χ4v) is 4.63. The van der Waals surface area contributed by atoms with Crippen LogP contribution >= 0.6 is 0 Å². The number of benzene rings is 1. The van der Waals surface area contributed by atoms with Crippen LogP contribution in [-0.2, 0) is 4.74 Å². The maximum atomic E-state index is 5.47. The third kappa shape index (κ3) is 4.30. The monoisotopic (exact) mass is 421 g/mol. The zero-order valence-electron chi connectivity index (χ0n) is 18.3. The van der Waals surface area contributed by atoms with Gasteiger partial charge in [0.15, 0.2) is 11.5 Å². The molecule has 2 unspecified atom stereocenters. The van der Waals surface area contributed by atoms with Crippen LogP contribution in [0.5, 0.6) is 0 Å². The molecular weight excluding hydrogens is 390 g/mol. The fraction of sp³-hybridized carbons (Fsp3) is 0.522. The normalized spacial score (nSPS) is 21.9. The third-order valence-electron chi connectivity index (χ3n) is 6.55. The van der Waals surface area contributed by atoms with Gasteiger partial charge in [-0.2, -0.15) is 9.97 Å². The predicted octanol–water partition coefficient (Wildman–Crippen LogP) is 4.23. The average molecular weight is 422 g/mol. The summed E-state index contributed by atoms with van der Waals surface area (Å²) in [6.45, 7) is 7.86. The molecule has 3 N–H and O–H groups in total. The van der Waals surface area contributed by atoms with Gasteiger partial charge in [-0.3, -0.25) is 0 Å². The Balaban J connectivity index is 1.39. The lowest BCUT2D eigenvalue weighted by Crippen LogP contribution is -2.36. The summed E-state index contributed by atoms with van der Waals surface area (Å²) in [4.78, 5) is 19.4. The molecule has 164 valence electrons. The second kappa shape index (κ2) is 8.70. The van der Waals surface area contributed by atoms with Crippen molar-refractivity contribution in [3.05, 3.63) is 30.1 Å². The van der Waals surface area contributed by atoms with Crippen LogP contribution in [0.4, 0.5) is 23.1 Å². The highest BCUT2D eigenvalue weighted by molar-refractivity contribution is 5.84. The average Bonchev–Trinajstić information content (AvgIpc) is 3.26. The smallest absolute Gasteiger partial charge is 0.231 e. The van der Waals surface area contributed by atoms with Gasteiger partial charge in [-0.1, -0.05) is 19.8 Å². The van der Waals surface area contributed by atoms with E-state index in [0.29, 0.717) is 23.6 Å². The summed E-state index contributed by atoms with van der Waals surface area (Å²) < 4.78 is 5.47. The Hall–Kier alpha value is -2.87. The number of rotatable bonds is 5. The second-order valence-electron chi connectivity index (χ2n) is 8.73. The lowest BCUT2D eigenvalue weighted by atomic mass is 9.86. The predicted molar refractivity (Wildman–Crippen MR) is 124 cm³/mol. The van der Waals surface area contributed by atoms with E-state index in [9.17, 15) is 0 Å². The largest absolute Gasteiger partial charge is 0.378 e. The van der Waals surface area contributed by atoms with Crippen LogP contribution in [0.3, 0.4) is 0 Å². The summed E-state index contributed by atoms with van der Waals surface area (Å²) >= 11 is 0. The Kier molecular flexibility index (Phi) is 5.63. The van der Waals surface area contributed by atoms with E-state index < -0.39 is 0 Å². The number of aryl methyl sites for hydroxylation is 1. The van der Waals surface area contributed by atoms with Crippen LogP contribution in [0, 0.1) is 12.8 Å². The van der Waals surface area contributed by atoms with Crippen molar-refractivity contribution in [1.29, 1.82) is 0 Å². The quantitative estimate of drug-likeness (QED) is 0.568. The van der Waals surface area contributed by atoms with Gasteiger partial charge in [0.1, 0.15) is 5.52 Å². The van der Waals surface area contributed by atoms with E-state index >= 15 is 0 Å². The van der Waals surface area contributed by atoms with Crippen molar-refractivity contribution in [2.24, 2.45) is 5.92 Å². The zero-order chi connectivity index (χ0) is 21.2. The van der Waals surface area contributed by atoms with Crippen LogP contribution in [0.2, 0.25) is 0 Å². The summed E-state index contributed by atoms with van der Waals surface area (Å²) in [6.07, 6.45) is 6.69. The summed E-state index contributed by atoms with van der Waals surface area (Å²) in [6, 6.07) is 6.90. The SMILES string of the molecule is Cc1cc(N2CCOCC2)ccc1Nc1nc(NC2CCCCC2C)c2[nH]cnc2n1. The molecule has 5 rings (SSSR count). The molecular formula is C23H31N7O.